The van der Waals surface area contributed by atoms with Crippen molar-refractivity contribution in [2.75, 3.05) is 13.6 Å². The Morgan fingerprint density at radius 3 is 2.89 bits per heavy atom. The van der Waals surface area contributed by atoms with Gasteiger partial charge in [0.05, 0.1) is 5.01 Å². The van der Waals surface area contributed by atoms with Crippen LogP contribution in [0.4, 0.5) is 0 Å². The molecule has 0 unspecified atom stereocenters. The van der Waals surface area contributed by atoms with E-state index in [1.165, 1.54) is 24.1 Å². The molecule has 3 rings (SSSR count). The molecular formula is C15H22N2OS. The molecule has 2 aliphatic rings. The molecule has 104 valence electrons. The summed E-state index contributed by atoms with van der Waals surface area (Å²) in [6.07, 6.45) is 7.89. The van der Waals surface area contributed by atoms with E-state index < -0.39 is 0 Å². The molecule has 2 bridgehead atoms. The minimum absolute atomic E-state index is 0.321. The summed E-state index contributed by atoms with van der Waals surface area (Å²) in [4.78, 5) is 20.0. The Kier molecular flexibility index (Phi) is 3.61. The number of carbonyl (C=O) groups is 1. The molecule has 4 heteroatoms. The molecule has 0 radical (unpaired) electrons. The topological polar surface area (TPSA) is 33.2 Å². The molecule has 0 spiro atoms. The number of hydrogen-bond acceptors (Lipinski definition) is 3. The molecule has 2 saturated carbocycles. The SMILES string of the molecule is Cc1cnc(CCN(C)C(=O)[C@H]2C[C@H]3CC[C@H]2C3)s1. The third kappa shape index (κ3) is 2.69. The van der Waals surface area contributed by atoms with E-state index >= 15 is 0 Å². The van der Waals surface area contributed by atoms with Gasteiger partial charge < -0.3 is 4.90 Å². The Labute approximate surface area is 119 Å². The molecule has 3 atom stereocenters. The van der Waals surface area contributed by atoms with Crippen LogP contribution in [0.25, 0.3) is 0 Å². The second-order valence-corrected chi connectivity index (χ2v) is 7.48. The molecule has 0 N–H and O–H groups in total. The molecule has 0 aromatic carbocycles. The van der Waals surface area contributed by atoms with Crippen LogP contribution in [0.5, 0.6) is 0 Å². The quantitative estimate of drug-likeness (QED) is 0.848. The highest BCUT2D eigenvalue weighted by Gasteiger charge is 2.43. The summed E-state index contributed by atoms with van der Waals surface area (Å²) in [6.45, 7) is 2.88. The summed E-state index contributed by atoms with van der Waals surface area (Å²) < 4.78 is 0. The van der Waals surface area contributed by atoms with Gasteiger partial charge in [0, 0.05) is 37.0 Å². The van der Waals surface area contributed by atoms with Gasteiger partial charge in [-0.2, -0.15) is 0 Å². The van der Waals surface area contributed by atoms with Crippen molar-refractivity contribution in [3.8, 4) is 0 Å². The molecule has 19 heavy (non-hydrogen) atoms. The summed E-state index contributed by atoms with van der Waals surface area (Å²) >= 11 is 1.74. The van der Waals surface area contributed by atoms with Crippen molar-refractivity contribution < 1.29 is 4.79 Å². The minimum Gasteiger partial charge on any atom is -0.345 e. The Bertz CT molecular complexity index is 470. The standard InChI is InChI=1S/C15H22N2OS/c1-10-9-16-14(19-10)5-6-17(2)15(18)13-8-11-3-4-12(13)7-11/h9,11-13H,3-8H2,1-2H3/t11-,12-,13-/m0/s1. The lowest BCUT2D eigenvalue weighted by molar-refractivity contribution is -0.135. The fraction of sp³-hybridized carbons (Fsp3) is 0.733. The largest absolute Gasteiger partial charge is 0.345 e. The van der Waals surface area contributed by atoms with Gasteiger partial charge in [0.15, 0.2) is 0 Å². The zero-order valence-corrected chi connectivity index (χ0v) is 12.6. The molecule has 1 amide bonds. The summed E-state index contributed by atoms with van der Waals surface area (Å²) in [6, 6.07) is 0. The molecule has 1 heterocycles. The van der Waals surface area contributed by atoms with E-state index in [4.69, 9.17) is 0 Å². The van der Waals surface area contributed by atoms with Crippen molar-refractivity contribution in [1.29, 1.82) is 0 Å². The van der Waals surface area contributed by atoms with Crippen LogP contribution in [-0.2, 0) is 11.2 Å². The Morgan fingerprint density at radius 2 is 2.32 bits per heavy atom. The first-order chi connectivity index (χ1) is 9.13. The summed E-state index contributed by atoms with van der Waals surface area (Å²) in [7, 11) is 1.95. The van der Waals surface area contributed by atoms with Crippen LogP contribution in [0.1, 0.15) is 35.6 Å². The lowest BCUT2D eigenvalue weighted by atomic mass is 9.88. The third-order valence-corrected chi connectivity index (χ3v) is 5.73. The van der Waals surface area contributed by atoms with E-state index in [0.29, 0.717) is 17.7 Å². The van der Waals surface area contributed by atoms with E-state index in [9.17, 15) is 4.79 Å². The van der Waals surface area contributed by atoms with Gasteiger partial charge in [-0.15, -0.1) is 11.3 Å². The zero-order chi connectivity index (χ0) is 13.4. The first-order valence-corrected chi connectivity index (χ1v) is 8.11. The Balaban J connectivity index is 1.52. The monoisotopic (exact) mass is 278 g/mol. The molecule has 1 aromatic rings. The molecule has 1 aromatic heterocycles. The van der Waals surface area contributed by atoms with Crippen molar-refractivity contribution in [3.63, 3.8) is 0 Å². The van der Waals surface area contributed by atoms with E-state index in [-0.39, 0.29) is 0 Å². The third-order valence-electron chi connectivity index (χ3n) is 4.76. The minimum atomic E-state index is 0.321. The number of aryl methyl sites for hydroxylation is 1. The number of fused-ring (bicyclic) bond motifs is 2. The van der Waals surface area contributed by atoms with E-state index in [1.807, 2.05) is 18.1 Å². The fourth-order valence-electron chi connectivity index (χ4n) is 3.72. The molecule has 2 fully saturated rings. The van der Waals surface area contributed by atoms with E-state index in [2.05, 4.69) is 11.9 Å². The Hall–Kier alpha value is -0.900. The van der Waals surface area contributed by atoms with Gasteiger partial charge in [0.2, 0.25) is 5.91 Å². The van der Waals surface area contributed by atoms with Crippen LogP contribution in [-0.4, -0.2) is 29.4 Å². The van der Waals surface area contributed by atoms with Crippen molar-refractivity contribution >= 4 is 17.2 Å². The van der Waals surface area contributed by atoms with Gasteiger partial charge in [-0.25, -0.2) is 4.98 Å². The van der Waals surface area contributed by atoms with Gasteiger partial charge in [-0.05, 0) is 38.0 Å². The molecule has 3 nitrogen and oxygen atoms in total. The molecule has 0 saturated heterocycles. The van der Waals surface area contributed by atoms with Gasteiger partial charge in [0.25, 0.3) is 0 Å². The van der Waals surface area contributed by atoms with Crippen molar-refractivity contribution in [2.45, 2.75) is 39.0 Å². The number of carbonyl (C=O) groups excluding carboxylic acids is 1. The first kappa shape index (κ1) is 13.1. The maximum absolute atomic E-state index is 12.5. The zero-order valence-electron chi connectivity index (χ0n) is 11.8. The predicted molar refractivity (Wildman–Crippen MR) is 77.1 cm³/mol. The highest BCUT2D eigenvalue weighted by atomic mass is 32.1. The summed E-state index contributed by atoms with van der Waals surface area (Å²) in [5, 5.41) is 1.14. The second-order valence-electron chi connectivity index (χ2n) is 6.16. The van der Waals surface area contributed by atoms with Crippen LogP contribution in [0, 0.1) is 24.7 Å². The van der Waals surface area contributed by atoms with Gasteiger partial charge in [-0.1, -0.05) is 6.42 Å². The maximum Gasteiger partial charge on any atom is 0.225 e. The van der Waals surface area contributed by atoms with Crippen LogP contribution >= 0.6 is 11.3 Å². The fourth-order valence-corrected chi connectivity index (χ4v) is 4.50. The summed E-state index contributed by atoms with van der Waals surface area (Å²) in [5.41, 5.74) is 0. The smallest absolute Gasteiger partial charge is 0.225 e. The van der Waals surface area contributed by atoms with Gasteiger partial charge >= 0.3 is 0 Å². The van der Waals surface area contributed by atoms with E-state index in [0.717, 1.165) is 30.3 Å². The number of aromatic nitrogens is 1. The average Bonchev–Trinajstić information content (AvgIpc) is 3.11. The lowest BCUT2D eigenvalue weighted by Crippen LogP contribution is -2.36. The number of nitrogens with zero attached hydrogens (tertiary/aromatic N) is 2. The summed E-state index contributed by atoms with van der Waals surface area (Å²) in [5.74, 6) is 2.22. The number of rotatable bonds is 4. The first-order valence-electron chi connectivity index (χ1n) is 7.29. The van der Waals surface area contributed by atoms with Crippen molar-refractivity contribution in [2.24, 2.45) is 17.8 Å². The van der Waals surface area contributed by atoms with Crippen molar-refractivity contribution in [3.05, 3.63) is 16.1 Å². The van der Waals surface area contributed by atoms with Crippen molar-refractivity contribution in [1.82, 2.24) is 9.88 Å². The average molecular weight is 278 g/mol. The van der Waals surface area contributed by atoms with Gasteiger partial charge in [0.1, 0.15) is 0 Å². The van der Waals surface area contributed by atoms with Crippen LogP contribution in [0.3, 0.4) is 0 Å². The van der Waals surface area contributed by atoms with Crippen LogP contribution < -0.4 is 0 Å². The normalized spacial score (nSPS) is 28.8. The van der Waals surface area contributed by atoms with Crippen LogP contribution in [0.15, 0.2) is 6.20 Å². The number of likely N-dealkylation sites (N-methyl/N-ethyl adjacent to an activating group) is 1. The second kappa shape index (κ2) is 5.23. The number of amides is 1. The molecular weight excluding hydrogens is 256 g/mol. The highest BCUT2D eigenvalue weighted by Crippen LogP contribution is 2.48. The lowest BCUT2D eigenvalue weighted by Gasteiger charge is -2.26. The van der Waals surface area contributed by atoms with Gasteiger partial charge in [-0.3, -0.25) is 4.79 Å². The maximum atomic E-state index is 12.5. The number of hydrogen-bond donors (Lipinski definition) is 0. The Morgan fingerprint density at radius 1 is 1.47 bits per heavy atom. The highest BCUT2D eigenvalue weighted by molar-refractivity contribution is 7.11. The molecule has 0 aliphatic heterocycles. The predicted octanol–water partition coefficient (Wildman–Crippen LogP) is 2.89. The van der Waals surface area contributed by atoms with Crippen LogP contribution in [0.2, 0.25) is 0 Å². The number of thiazole rings is 1. The van der Waals surface area contributed by atoms with E-state index in [1.54, 1.807) is 11.3 Å². The molecule has 2 aliphatic carbocycles.